The molecule has 2 aromatic carbocycles. The Kier molecular flexibility index (Phi) is 20.4. The molecule has 0 aromatic heterocycles. The number of unbranched alkanes of at least 4 members (excludes halogenated alkanes) is 2. The zero-order valence-electron chi connectivity index (χ0n) is 31.4. The van der Waals surface area contributed by atoms with E-state index in [0.717, 1.165) is 100 Å². The van der Waals surface area contributed by atoms with Gasteiger partial charge in [0.1, 0.15) is 11.5 Å². The minimum atomic E-state index is -1.08. The molecule has 49 heavy (non-hydrogen) atoms. The molecule has 8 nitrogen and oxygen atoms in total. The van der Waals surface area contributed by atoms with Crippen molar-refractivity contribution < 1.29 is 46.8 Å². The molecule has 0 bridgehead atoms. The average Bonchev–Trinajstić information content (AvgIpc) is 2.97. The standard InChI is InChI=1S/C36H54N2O2.2C2H4O2.Co/c1-9-11-15-25-19-27(33(39)29(21-25)35(3,4)5)23-37-31-17-13-14-18-32(31)38-24-28-20-26(16-12-10-2)22-30(34(28)40)36(6,7)8;2*1-2(3)4;/h19-24,31-32,39-40H,9-18H2,1-8H3;2*1H3,(H,3,4);/q;;;+2/p-2. The summed E-state index contributed by atoms with van der Waals surface area (Å²) >= 11 is 0. The zero-order chi connectivity index (χ0) is 36.7. The molecule has 275 valence electrons. The molecule has 9 heteroatoms. The van der Waals surface area contributed by atoms with Crippen LogP contribution in [0.25, 0.3) is 0 Å². The van der Waals surface area contributed by atoms with Crippen molar-refractivity contribution in [3.05, 3.63) is 57.6 Å². The second kappa shape index (κ2) is 21.8. The van der Waals surface area contributed by atoms with Gasteiger partial charge in [-0.3, -0.25) is 9.98 Å². The number of carbonyl (C=O) groups excluding carboxylic acids is 2. The van der Waals surface area contributed by atoms with Crippen LogP contribution in [0.15, 0.2) is 34.3 Å². The summed E-state index contributed by atoms with van der Waals surface area (Å²) in [5, 5.41) is 40.1. The number of hydrogen-bond acceptors (Lipinski definition) is 8. The molecule has 0 aliphatic heterocycles. The number of aromatic hydroxyl groups is 2. The summed E-state index contributed by atoms with van der Waals surface area (Å²) in [5.41, 5.74) is 5.81. The fourth-order valence-electron chi connectivity index (χ4n) is 5.62. The molecule has 1 radical (unpaired) electrons. The van der Waals surface area contributed by atoms with E-state index in [9.17, 15) is 10.2 Å². The third kappa shape index (κ3) is 16.9. The minimum absolute atomic E-state index is 0. The Hall–Kier alpha value is -3.17. The van der Waals surface area contributed by atoms with Crippen molar-refractivity contribution >= 4 is 24.4 Å². The topological polar surface area (TPSA) is 145 Å². The first-order chi connectivity index (χ1) is 22.3. The number of rotatable bonds is 10. The number of hydrogen-bond donors (Lipinski definition) is 2. The summed E-state index contributed by atoms with van der Waals surface area (Å²) < 4.78 is 0. The van der Waals surface area contributed by atoms with Crippen molar-refractivity contribution in [2.75, 3.05) is 0 Å². The van der Waals surface area contributed by atoms with Gasteiger partial charge in [-0.1, -0.05) is 93.2 Å². The van der Waals surface area contributed by atoms with Crippen molar-refractivity contribution in [1.82, 2.24) is 0 Å². The molecule has 0 amide bonds. The fourth-order valence-corrected chi connectivity index (χ4v) is 5.62. The van der Waals surface area contributed by atoms with Gasteiger partial charge in [-0.2, -0.15) is 0 Å². The normalized spacial score (nSPS) is 16.3. The summed E-state index contributed by atoms with van der Waals surface area (Å²) in [6.45, 7) is 19.3. The molecule has 0 saturated heterocycles. The predicted octanol–water partition coefficient (Wildman–Crippen LogP) is 6.74. The number of aryl methyl sites for hydroxylation is 2. The third-order valence-corrected chi connectivity index (χ3v) is 8.16. The maximum Gasteiger partial charge on any atom is 2.00 e. The van der Waals surface area contributed by atoms with Crippen LogP contribution in [-0.4, -0.2) is 46.7 Å². The Morgan fingerprint density at radius 1 is 0.714 bits per heavy atom. The third-order valence-electron chi connectivity index (χ3n) is 8.16. The van der Waals surface area contributed by atoms with Crippen molar-refractivity contribution in [2.45, 2.75) is 156 Å². The molecule has 1 aliphatic carbocycles. The first-order valence-corrected chi connectivity index (χ1v) is 17.5. The monoisotopic (exact) mass is 723 g/mol. The van der Waals surface area contributed by atoms with Gasteiger partial charge in [0.25, 0.3) is 0 Å². The van der Waals surface area contributed by atoms with E-state index in [-0.39, 0.29) is 39.7 Å². The van der Waals surface area contributed by atoms with E-state index in [0.29, 0.717) is 11.5 Å². The van der Waals surface area contributed by atoms with Crippen LogP contribution < -0.4 is 10.2 Å². The quantitative estimate of drug-likeness (QED) is 0.260. The molecule has 3 rings (SSSR count). The van der Waals surface area contributed by atoms with Gasteiger partial charge < -0.3 is 30.0 Å². The summed E-state index contributed by atoms with van der Waals surface area (Å²) in [5.74, 6) is -1.48. The van der Waals surface area contributed by atoms with Crippen LogP contribution in [0.4, 0.5) is 0 Å². The van der Waals surface area contributed by atoms with E-state index in [1.54, 1.807) is 0 Å². The van der Waals surface area contributed by atoms with Gasteiger partial charge in [0.05, 0.1) is 12.1 Å². The number of carboxylic acid groups (broad SMARTS) is 2. The second-order valence-electron chi connectivity index (χ2n) is 14.8. The van der Waals surface area contributed by atoms with Crippen molar-refractivity contribution in [3.8, 4) is 11.5 Å². The average molecular weight is 724 g/mol. The van der Waals surface area contributed by atoms with Crippen LogP contribution >= 0.6 is 0 Å². The predicted molar refractivity (Wildman–Crippen MR) is 193 cm³/mol. The summed E-state index contributed by atoms with van der Waals surface area (Å²) in [7, 11) is 0. The van der Waals surface area contributed by atoms with E-state index in [1.807, 2.05) is 12.4 Å². The molecule has 2 N–H and O–H groups in total. The summed E-state index contributed by atoms with van der Waals surface area (Å²) in [4.78, 5) is 27.8. The van der Waals surface area contributed by atoms with Crippen molar-refractivity contribution in [2.24, 2.45) is 9.98 Å². The Balaban J connectivity index is 0.00000230. The first-order valence-electron chi connectivity index (χ1n) is 17.5. The molecule has 0 spiro atoms. The van der Waals surface area contributed by atoms with Crippen LogP contribution in [0, 0.1) is 0 Å². The van der Waals surface area contributed by atoms with Gasteiger partial charge in [0.2, 0.25) is 0 Å². The molecular formula is C40H60CoN2O6. The molecule has 1 saturated carbocycles. The van der Waals surface area contributed by atoms with Gasteiger partial charge in [0, 0.05) is 46.6 Å². The van der Waals surface area contributed by atoms with Gasteiger partial charge in [-0.05, 0) is 86.5 Å². The van der Waals surface area contributed by atoms with E-state index >= 15 is 0 Å². The number of aliphatic carboxylic acids is 2. The Morgan fingerprint density at radius 2 is 1.02 bits per heavy atom. The maximum absolute atomic E-state index is 11.2. The number of aliphatic imine (C=N–C) groups is 2. The number of benzene rings is 2. The molecule has 1 fully saturated rings. The smallest absolute Gasteiger partial charge is 0.550 e. The fraction of sp³-hybridized carbons (Fsp3) is 0.600. The number of phenols is 2. The van der Waals surface area contributed by atoms with Gasteiger partial charge in [0.15, 0.2) is 0 Å². The first kappa shape index (κ1) is 45.8. The number of carboxylic acids is 2. The number of phenolic OH excluding ortho intramolecular Hbond substituents is 2. The van der Waals surface area contributed by atoms with Crippen LogP contribution in [0.1, 0.15) is 154 Å². The van der Waals surface area contributed by atoms with Crippen LogP contribution in [0.5, 0.6) is 11.5 Å². The van der Waals surface area contributed by atoms with Gasteiger partial charge in [-0.15, -0.1) is 0 Å². The van der Waals surface area contributed by atoms with E-state index in [1.165, 1.54) is 11.1 Å². The second-order valence-corrected chi connectivity index (χ2v) is 14.8. The molecule has 2 aromatic rings. The van der Waals surface area contributed by atoms with E-state index in [4.69, 9.17) is 29.8 Å². The minimum Gasteiger partial charge on any atom is -0.550 e. The zero-order valence-corrected chi connectivity index (χ0v) is 32.5. The van der Waals surface area contributed by atoms with Gasteiger partial charge in [-0.25, -0.2) is 0 Å². The van der Waals surface area contributed by atoms with Crippen molar-refractivity contribution in [1.29, 1.82) is 0 Å². The summed E-state index contributed by atoms with van der Waals surface area (Å²) in [6.07, 6.45) is 14.6. The van der Waals surface area contributed by atoms with Crippen LogP contribution in [-0.2, 0) is 50.0 Å². The molecular weight excluding hydrogens is 663 g/mol. The molecule has 1 aliphatic rings. The van der Waals surface area contributed by atoms with Gasteiger partial charge >= 0.3 is 16.8 Å². The maximum atomic E-state index is 11.2. The van der Waals surface area contributed by atoms with E-state index < -0.39 is 11.9 Å². The van der Waals surface area contributed by atoms with E-state index in [2.05, 4.69) is 79.7 Å². The van der Waals surface area contributed by atoms with Crippen molar-refractivity contribution in [3.63, 3.8) is 0 Å². The Morgan fingerprint density at radius 3 is 1.29 bits per heavy atom. The van der Waals surface area contributed by atoms with Crippen LogP contribution in [0.3, 0.4) is 0 Å². The molecule has 0 heterocycles. The number of carbonyl (C=O) groups is 2. The molecule has 2 atom stereocenters. The largest absolute Gasteiger partial charge is 2.00 e. The van der Waals surface area contributed by atoms with Crippen LogP contribution in [0.2, 0.25) is 0 Å². The Bertz CT molecular complexity index is 1280. The summed E-state index contributed by atoms with van der Waals surface area (Å²) in [6, 6.07) is 8.69. The Labute approximate surface area is 305 Å². The SMILES string of the molecule is CC(=O)[O-].CC(=O)[O-].CCCCc1cc(C=NC2CCCCC2N=Cc2cc(CCCC)cc(C(C)(C)C)c2O)c(O)c(C(C)(C)C)c1.[Co+2]. The number of nitrogens with zero attached hydrogens (tertiary/aromatic N) is 2. The molecule has 2 unspecified atom stereocenters.